The number of carbonyl (C=O) groups excluding carboxylic acids is 1. The lowest BCUT2D eigenvalue weighted by atomic mass is 10.1. The van der Waals surface area contributed by atoms with E-state index in [1.54, 1.807) is 17.8 Å². The summed E-state index contributed by atoms with van der Waals surface area (Å²) in [4.78, 5) is 16.0. The number of fused-ring (bicyclic) bond motifs is 2. The number of nitrogens with zero attached hydrogens (tertiary/aromatic N) is 1. The van der Waals surface area contributed by atoms with Gasteiger partial charge in [0, 0.05) is 11.4 Å². The molecule has 0 saturated carbocycles. The Kier molecular flexibility index (Phi) is 4.77. The Bertz CT molecular complexity index is 811. The first kappa shape index (κ1) is 16.6. The Morgan fingerprint density at radius 2 is 2.04 bits per heavy atom. The summed E-state index contributed by atoms with van der Waals surface area (Å²) in [7, 11) is 0. The van der Waals surface area contributed by atoms with E-state index in [4.69, 9.17) is 21.1 Å². The number of ether oxygens (including phenoxy) is 2. The van der Waals surface area contributed by atoms with Gasteiger partial charge in [0.25, 0.3) is 0 Å². The summed E-state index contributed by atoms with van der Waals surface area (Å²) < 4.78 is 11.1. The summed E-state index contributed by atoms with van der Waals surface area (Å²) in [6.07, 6.45) is 1.27. The molecule has 2 aliphatic heterocycles. The average molecular weight is 376 g/mol. The number of rotatable bonds is 2. The Hall–Kier alpha value is -1.85. The summed E-state index contributed by atoms with van der Waals surface area (Å²) in [5.74, 6) is 2.29. The molecule has 0 atom stereocenters. The van der Waals surface area contributed by atoms with Crippen molar-refractivity contribution in [3.05, 3.63) is 47.0 Å². The van der Waals surface area contributed by atoms with Crippen molar-refractivity contribution in [2.45, 2.75) is 17.7 Å². The van der Waals surface area contributed by atoms with Gasteiger partial charge in [-0.3, -0.25) is 4.79 Å². The van der Waals surface area contributed by atoms with Crippen LogP contribution < -0.4 is 14.4 Å². The van der Waals surface area contributed by atoms with E-state index < -0.39 is 0 Å². The highest BCUT2D eigenvalue weighted by atomic mass is 35.5. The maximum absolute atomic E-state index is 13.0. The standard InChI is InChI=1S/C19H18ClNO3S/c20-14-10-13(11-16-19(14)24-8-7-23-16)12-18(22)21-6-3-9-25-17-5-2-1-4-15(17)21/h1-2,4-5,10-11H,3,6-9,12H2. The molecule has 0 spiro atoms. The molecule has 6 heteroatoms. The molecular formula is C19H18ClNO3S. The molecule has 130 valence electrons. The first-order valence-corrected chi connectivity index (χ1v) is 9.69. The van der Waals surface area contributed by atoms with Crippen molar-refractivity contribution in [1.29, 1.82) is 0 Å². The molecule has 4 rings (SSSR count). The zero-order valence-electron chi connectivity index (χ0n) is 13.7. The monoisotopic (exact) mass is 375 g/mol. The molecule has 1 amide bonds. The molecule has 0 bridgehead atoms. The van der Waals surface area contributed by atoms with Crippen LogP contribution in [0.15, 0.2) is 41.3 Å². The number of amides is 1. The van der Waals surface area contributed by atoms with Gasteiger partial charge >= 0.3 is 0 Å². The molecule has 2 aromatic rings. The number of hydrogen-bond acceptors (Lipinski definition) is 4. The molecule has 0 aromatic heterocycles. The highest BCUT2D eigenvalue weighted by Crippen LogP contribution is 2.39. The molecule has 2 aromatic carbocycles. The summed E-state index contributed by atoms with van der Waals surface area (Å²) >= 11 is 8.10. The van der Waals surface area contributed by atoms with Crippen LogP contribution in [-0.2, 0) is 11.2 Å². The normalized spacial score (nSPS) is 16.1. The fraction of sp³-hybridized carbons (Fsp3) is 0.316. The molecule has 2 heterocycles. The SMILES string of the molecule is O=C(Cc1cc(Cl)c2c(c1)OCCO2)N1CCCSc2ccccc21. The molecule has 0 radical (unpaired) electrons. The van der Waals surface area contributed by atoms with Crippen molar-refractivity contribution in [2.75, 3.05) is 30.4 Å². The second-order valence-corrected chi connectivity index (χ2v) is 7.54. The molecule has 0 N–H and O–H groups in total. The van der Waals surface area contributed by atoms with Gasteiger partial charge in [-0.15, -0.1) is 11.8 Å². The van der Waals surface area contributed by atoms with E-state index in [1.165, 1.54) is 0 Å². The van der Waals surface area contributed by atoms with Gasteiger partial charge in [-0.25, -0.2) is 0 Å². The lowest BCUT2D eigenvalue weighted by Crippen LogP contribution is -2.33. The third-order valence-corrected chi connectivity index (χ3v) is 5.68. The Labute approximate surface area is 156 Å². The molecule has 25 heavy (non-hydrogen) atoms. The number of carbonyl (C=O) groups is 1. The topological polar surface area (TPSA) is 38.8 Å². The smallest absolute Gasteiger partial charge is 0.231 e. The number of thioether (sulfide) groups is 1. The number of para-hydroxylation sites is 1. The third kappa shape index (κ3) is 3.44. The number of hydrogen-bond donors (Lipinski definition) is 0. The highest BCUT2D eigenvalue weighted by Gasteiger charge is 2.23. The number of halogens is 1. The van der Waals surface area contributed by atoms with E-state index in [2.05, 4.69) is 6.07 Å². The minimum Gasteiger partial charge on any atom is -0.486 e. The summed E-state index contributed by atoms with van der Waals surface area (Å²) in [6.45, 7) is 1.73. The van der Waals surface area contributed by atoms with E-state index >= 15 is 0 Å². The molecule has 0 aliphatic carbocycles. The molecule has 4 nitrogen and oxygen atoms in total. The van der Waals surface area contributed by atoms with Crippen LogP contribution in [0.3, 0.4) is 0 Å². The van der Waals surface area contributed by atoms with Gasteiger partial charge in [0.2, 0.25) is 5.91 Å². The molecular weight excluding hydrogens is 358 g/mol. The van der Waals surface area contributed by atoms with Crippen molar-refractivity contribution in [1.82, 2.24) is 0 Å². The minimum atomic E-state index is 0.0719. The molecule has 2 aliphatic rings. The van der Waals surface area contributed by atoms with Gasteiger partial charge in [-0.2, -0.15) is 0 Å². The molecule has 0 saturated heterocycles. The average Bonchev–Trinajstić information content (AvgIpc) is 2.84. The second-order valence-electron chi connectivity index (χ2n) is 5.99. The van der Waals surface area contributed by atoms with Crippen LogP contribution in [0.4, 0.5) is 5.69 Å². The van der Waals surface area contributed by atoms with Crippen molar-refractivity contribution >= 4 is 35.0 Å². The predicted molar refractivity (Wildman–Crippen MR) is 100 cm³/mol. The lowest BCUT2D eigenvalue weighted by Gasteiger charge is -2.23. The van der Waals surface area contributed by atoms with Gasteiger partial charge in [-0.1, -0.05) is 23.7 Å². The zero-order valence-corrected chi connectivity index (χ0v) is 15.2. The maximum atomic E-state index is 13.0. The zero-order chi connectivity index (χ0) is 17.2. The van der Waals surface area contributed by atoms with E-state index in [0.717, 1.165) is 34.9 Å². The van der Waals surface area contributed by atoms with E-state index in [1.807, 2.05) is 29.2 Å². The third-order valence-electron chi connectivity index (χ3n) is 4.25. The first-order chi connectivity index (χ1) is 12.2. The van der Waals surface area contributed by atoms with Crippen LogP contribution in [-0.4, -0.2) is 31.4 Å². The highest BCUT2D eigenvalue weighted by molar-refractivity contribution is 7.99. The van der Waals surface area contributed by atoms with Crippen LogP contribution in [0.2, 0.25) is 5.02 Å². The summed E-state index contributed by atoms with van der Waals surface area (Å²) in [6, 6.07) is 11.7. The van der Waals surface area contributed by atoms with Crippen LogP contribution in [0.25, 0.3) is 0 Å². The van der Waals surface area contributed by atoms with Crippen LogP contribution in [0, 0.1) is 0 Å². The van der Waals surface area contributed by atoms with Gasteiger partial charge in [0.1, 0.15) is 13.2 Å². The van der Waals surface area contributed by atoms with Crippen molar-refractivity contribution in [3.63, 3.8) is 0 Å². The summed E-state index contributed by atoms with van der Waals surface area (Å²) in [5.41, 5.74) is 1.84. The van der Waals surface area contributed by atoms with Crippen molar-refractivity contribution in [3.8, 4) is 11.5 Å². The Balaban J connectivity index is 1.59. The van der Waals surface area contributed by atoms with Gasteiger partial charge in [0.05, 0.1) is 17.1 Å². The van der Waals surface area contributed by atoms with Crippen molar-refractivity contribution < 1.29 is 14.3 Å². The first-order valence-electron chi connectivity index (χ1n) is 8.32. The second kappa shape index (κ2) is 7.18. The van der Waals surface area contributed by atoms with Gasteiger partial charge in [0.15, 0.2) is 11.5 Å². The van der Waals surface area contributed by atoms with Gasteiger partial charge in [-0.05, 0) is 42.0 Å². The van der Waals surface area contributed by atoms with Crippen LogP contribution in [0.1, 0.15) is 12.0 Å². The Morgan fingerprint density at radius 1 is 1.20 bits per heavy atom. The van der Waals surface area contributed by atoms with Gasteiger partial charge < -0.3 is 14.4 Å². The molecule has 0 unspecified atom stereocenters. The fourth-order valence-corrected chi connectivity index (χ4v) is 4.40. The van der Waals surface area contributed by atoms with E-state index in [9.17, 15) is 4.79 Å². The Morgan fingerprint density at radius 3 is 2.96 bits per heavy atom. The van der Waals surface area contributed by atoms with Crippen molar-refractivity contribution in [2.24, 2.45) is 0 Å². The van der Waals surface area contributed by atoms with Crippen LogP contribution >= 0.6 is 23.4 Å². The largest absolute Gasteiger partial charge is 0.486 e. The maximum Gasteiger partial charge on any atom is 0.231 e. The lowest BCUT2D eigenvalue weighted by molar-refractivity contribution is -0.118. The summed E-state index contributed by atoms with van der Waals surface area (Å²) in [5, 5.41) is 0.492. The van der Waals surface area contributed by atoms with E-state index in [0.29, 0.717) is 29.7 Å². The quantitative estimate of drug-likeness (QED) is 0.789. The van der Waals surface area contributed by atoms with Crippen LogP contribution in [0.5, 0.6) is 11.5 Å². The number of anilines is 1. The fourth-order valence-electron chi connectivity index (χ4n) is 3.12. The number of benzene rings is 2. The van der Waals surface area contributed by atoms with E-state index in [-0.39, 0.29) is 12.3 Å². The minimum absolute atomic E-state index is 0.0719. The predicted octanol–water partition coefficient (Wildman–Crippen LogP) is 4.18. The molecule has 0 fully saturated rings.